The number of aromatic nitrogens is 2. The number of urea groups is 1. The number of nitrogens with zero attached hydrogens (tertiary/aromatic N) is 2. The summed E-state index contributed by atoms with van der Waals surface area (Å²) in [7, 11) is 0. The SMILES string of the molecule is CCOC(=O)C1=C(Cn2cnc3ccsc3c2=O)NC(=O)NC1. The highest BCUT2D eigenvalue weighted by Crippen LogP contribution is 2.14. The molecule has 23 heavy (non-hydrogen) atoms. The van der Waals surface area contributed by atoms with Gasteiger partial charge in [-0.2, -0.15) is 0 Å². The molecule has 0 atom stereocenters. The summed E-state index contributed by atoms with van der Waals surface area (Å²) in [4.78, 5) is 40.1. The highest BCUT2D eigenvalue weighted by molar-refractivity contribution is 7.17. The lowest BCUT2D eigenvalue weighted by atomic mass is 10.1. The summed E-state index contributed by atoms with van der Waals surface area (Å²) in [6, 6.07) is 1.34. The average molecular weight is 334 g/mol. The molecule has 0 saturated heterocycles. The third-order valence-electron chi connectivity index (χ3n) is 3.34. The zero-order chi connectivity index (χ0) is 16.4. The van der Waals surface area contributed by atoms with Gasteiger partial charge >= 0.3 is 12.0 Å². The van der Waals surface area contributed by atoms with Crippen LogP contribution in [-0.2, 0) is 16.1 Å². The molecular formula is C14H14N4O4S. The molecule has 3 heterocycles. The van der Waals surface area contributed by atoms with Gasteiger partial charge in [-0.05, 0) is 18.4 Å². The number of carbonyl (C=O) groups excluding carboxylic acids is 2. The van der Waals surface area contributed by atoms with Gasteiger partial charge < -0.3 is 15.4 Å². The Balaban J connectivity index is 1.99. The lowest BCUT2D eigenvalue weighted by Gasteiger charge is -2.21. The third kappa shape index (κ3) is 2.95. The van der Waals surface area contributed by atoms with E-state index in [0.29, 0.717) is 21.5 Å². The van der Waals surface area contributed by atoms with Gasteiger partial charge in [-0.3, -0.25) is 9.36 Å². The van der Waals surface area contributed by atoms with Gasteiger partial charge in [0, 0.05) is 0 Å². The van der Waals surface area contributed by atoms with Crippen molar-refractivity contribution in [3.8, 4) is 0 Å². The van der Waals surface area contributed by atoms with Gasteiger partial charge in [0.1, 0.15) is 4.70 Å². The van der Waals surface area contributed by atoms with Gasteiger partial charge in [-0.15, -0.1) is 11.3 Å². The van der Waals surface area contributed by atoms with E-state index < -0.39 is 12.0 Å². The third-order valence-corrected chi connectivity index (χ3v) is 4.23. The van der Waals surface area contributed by atoms with E-state index in [1.807, 2.05) is 0 Å². The molecule has 8 nitrogen and oxygen atoms in total. The van der Waals surface area contributed by atoms with Gasteiger partial charge in [0.25, 0.3) is 5.56 Å². The summed E-state index contributed by atoms with van der Waals surface area (Å²) in [5.41, 5.74) is 1.05. The Morgan fingerprint density at radius 3 is 3.09 bits per heavy atom. The maximum atomic E-state index is 12.4. The standard InChI is InChI=1S/C14H14N4O4S/c1-2-22-13(20)8-5-15-14(21)17-10(8)6-18-7-16-9-3-4-23-11(9)12(18)19/h3-4,7H,2,5-6H2,1H3,(H2,15,17,21). The second-order valence-electron chi connectivity index (χ2n) is 4.80. The predicted octanol–water partition coefficient (Wildman–Crippen LogP) is 0.588. The fourth-order valence-electron chi connectivity index (χ4n) is 2.24. The zero-order valence-electron chi connectivity index (χ0n) is 12.3. The number of nitrogens with one attached hydrogen (secondary N) is 2. The molecule has 9 heteroatoms. The molecule has 0 radical (unpaired) electrons. The smallest absolute Gasteiger partial charge is 0.337 e. The first-order valence-electron chi connectivity index (χ1n) is 6.96. The minimum absolute atomic E-state index is 0.0429. The molecule has 120 valence electrons. The van der Waals surface area contributed by atoms with Crippen molar-refractivity contribution in [1.82, 2.24) is 20.2 Å². The van der Waals surface area contributed by atoms with Crippen LogP contribution < -0.4 is 16.2 Å². The van der Waals surface area contributed by atoms with E-state index in [9.17, 15) is 14.4 Å². The number of allylic oxidation sites excluding steroid dienone is 1. The van der Waals surface area contributed by atoms with Crippen LogP contribution in [0.25, 0.3) is 10.2 Å². The molecule has 0 saturated carbocycles. The zero-order valence-corrected chi connectivity index (χ0v) is 13.1. The van der Waals surface area contributed by atoms with Crippen molar-refractivity contribution in [2.45, 2.75) is 13.5 Å². The van der Waals surface area contributed by atoms with Gasteiger partial charge in [0.15, 0.2) is 0 Å². The molecule has 2 N–H and O–H groups in total. The van der Waals surface area contributed by atoms with Crippen LogP contribution in [0.2, 0.25) is 0 Å². The van der Waals surface area contributed by atoms with E-state index in [-0.39, 0.29) is 25.3 Å². The molecule has 0 unspecified atom stereocenters. The molecule has 1 aliphatic rings. The molecule has 2 aromatic heterocycles. The number of fused-ring (bicyclic) bond motifs is 1. The van der Waals surface area contributed by atoms with Crippen LogP contribution >= 0.6 is 11.3 Å². The molecule has 1 aliphatic heterocycles. The van der Waals surface area contributed by atoms with Crippen LogP contribution in [0.4, 0.5) is 4.79 Å². The Hall–Kier alpha value is -2.68. The van der Waals surface area contributed by atoms with Crippen molar-refractivity contribution in [1.29, 1.82) is 0 Å². The molecular weight excluding hydrogens is 320 g/mol. The number of carbonyl (C=O) groups is 2. The molecule has 2 aromatic rings. The van der Waals surface area contributed by atoms with Crippen molar-refractivity contribution in [2.75, 3.05) is 13.2 Å². The second kappa shape index (κ2) is 6.21. The van der Waals surface area contributed by atoms with Crippen molar-refractivity contribution in [2.24, 2.45) is 0 Å². The van der Waals surface area contributed by atoms with E-state index in [0.717, 1.165) is 0 Å². The number of thiophene rings is 1. The van der Waals surface area contributed by atoms with Gasteiger partial charge in [-0.25, -0.2) is 14.6 Å². The summed E-state index contributed by atoms with van der Waals surface area (Å²) in [5, 5.41) is 6.88. The Bertz CT molecular complexity index is 867. The van der Waals surface area contributed by atoms with Crippen molar-refractivity contribution >= 4 is 33.6 Å². The lowest BCUT2D eigenvalue weighted by Crippen LogP contribution is -2.45. The van der Waals surface area contributed by atoms with E-state index in [2.05, 4.69) is 15.6 Å². The first-order valence-corrected chi connectivity index (χ1v) is 7.84. The van der Waals surface area contributed by atoms with Crippen molar-refractivity contribution in [3.05, 3.63) is 39.4 Å². The second-order valence-corrected chi connectivity index (χ2v) is 5.71. The molecule has 0 fully saturated rings. The Morgan fingerprint density at radius 1 is 1.48 bits per heavy atom. The summed E-state index contributed by atoms with van der Waals surface area (Å²) in [6.07, 6.45) is 1.40. The van der Waals surface area contributed by atoms with Crippen LogP contribution in [0, 0.1) is 0 Å². The topological polar surface area (TPSA) is 102 Å². The number of hydrogen-bond donors (Lipinski definition) is 2. The lowest BCUT2D eigenvalue weighted by molar-refractivity contribution is -0.138. The van der Waals surface area contributed by atoms with E-state index in [4.69, 9.17) is 4.74 Å². The molecule has 2 amide bonds. The number of esters is 1. The summed E-state index contributed by atoms with van der Waals surface area (Å²) in [5.74, 6) is -0.520. The Labute approximate surface area is 134 Å². The molecule has 0 spiro atoms. The maximum absolute atomic E-state index is 12.4. The largest absolute Gasteiger partial charge is 0.463 e. The number of ether oxygens (including phenoxy) is 1. The van der Waals surface area contributed by atoms with Gasteiger partial charge in [-0.1, -0.05) is 0 Å². The molecule has 3 rings (SSSR count). The van der Waals surface area contributed by atoms with E-state index >= 15 is 0 Å². The quantitative estimate of drug-likeness (QED) is 0.797. The predicted molar refractivity (Wildman–Crippen MR) is 84.1 cm³/mol. The first kappa shape index (κ1) is 15.2. The van der Waals surface area contributed by atoms with E-state index in [1.54, 1.807) is 18.4 Å². The minimum atomic E-state index is -0.520. The first-order chi connectivity index (χ1) is 11.1. The van der Waals surface area contributed by atoms with Crippen molar-refractivity contribution in [3.63, 3.8) is 0 Å². The van der Waals surface area contributed by atoms with Crippen LogP contribution in [0.5, 0.6) is 0 Å². The summed E-state index contributed by atoms with van der Waals surface area (Å²) in [6.45, 7) is 2.03. The summed E-state index contributed by atoms with van der Waals surface area (Å²) < 4.78 is 6.88. The summed E-state index contributed by atoms with van der Waals surface area (Å²) >= 11 is 1.30. The molecule has 0 bridgehead atoms. The fraction of sp³-hybridized carbons (Fsp3) is 0.286. The van der Waals surface area contributed by atoms with Crippen LogP contribution in [0.15, 0.2) is 33.8 Å². The van der Waals surface area contributed by atoms with Crippen LogP contribution in [0.3, 0.4) is 0 Å². The Morgan fingerprint density at radius 2 is 2.30 bits per heavy atom. The average Bonchev–Trinajstić information content (AvgIpc) is 3.00. The number of amides is 2. The maximum Gasteiger partial charge on any atom is 0.337 e. The Kier molecular flexibility index (Phi) is 4.11. The monoisotopic (exact) mass is 334 g/mol. The van der Waals surface area contributed by atoms with Gasteiger partial charge in [0.05, 0.1) is 42.8 Å². The van der Waals surface area contributed by atoms with Crippen LogP contribution in [0.1, 0.15) is 6.92 Å². The highest BCUT2D eigenvalue weighted by atomic mass is 32.1. The number of rotatable bonds is 4. The minimum Gasteiger partial charge on any atom is -0.463 e. The van der Waals surface area contributed by atoms with E-state index in [1.165, 1.54) is 22.2 Å². The highest BCUT2D eigenvalue weighted by Gasteiger charge is 2.24. The number of hydrogen-bond acceptors (Lipinski definition) is 6. The normalized spacial score (nSPS) is 14.6. The van der Waals surface area contributed by atoms with Crippen LogP contribution in [-0.4, -0.2) is 34.7 Å². The molecule has 0 aliphatic carbocycles. The fourth-order valence-corrected chi connectivity index (χ4v) is 3.04. The van der Waals surface area contributed by atoms with Gasteiger partial charge in [0.2, 0.25) is 0 Å². The molecule has 0 aromatic carbocycles. The van der Waals surface area contributed by atoms with Crippen molar-refractivity contribution < 1.29 is 14.3 Å².